The van der Waals surface area contributed by atoms with Gasteiger partial charge in [0.05, 0.1) is 0 Å². The van der Waals surface area contributed by atoms with E-state index in [1.54, 1.807) is 74.4 Å². The Labute approximate surface area is 176 Å². The van der Waals surface area contributed by atoms with Gasteiger partial charge in [-0.2, -0.15) is 0 Å². The van der Waals surface area contributed by atoms with Crippen LogP contribution in [-0.2, 0) is 0 Å². The van der Waals surface area contributed by atoms with Gasteiger partial charge < -0.3 is 9.64 Å². The molecule has 0 atom stereocenters. The van der Waals surface area contributed by atoms with E-state index in [0.29, 0.717) is 17.2 Å². The molecule has 0 unspecified atom stereocenters. The van der Waals surface area contributed by atoms with Crippen LogP contribution in [0.3, 0.4) is 0 Å². The number of hydrogen-bond acceptors (Lipinski definition) is 4. The lowest BCUT2D eigenvalue weighted by atomic mass is 10.2. The lowest BCUT2D eigenvalue weighted by Gasteiger charge is -2.25. The number of anilines is 2. The monoisotopic (exact) mass is 404 g/mol. The smallest absolute Gasteiger partial charge is 0.328 e. The maximum Gasteiger partial charge on any atom is 0.328 e. The van der Waals surface area contributed by atoms with E-state index in [0.717, 1.165) is 11.4 Å². The summed E-state index contributed by atoms with van der Waals surface area (Å²) in [5.74, 6) is 0.903. The second kappa shape index (κ2) is 9.09. The molecule has 0 bridgehead atoms. The largest absolute Gasteiger partial charge is 0.457 e. The number of pyridine rings is 1. The van der Waals surface area contributed by atoms with Crippen molar-refractivity contribution in [3.63, 3.8) is 0 Å². The van der Waals surface area contributed by atoms with Crippen molar-refractivity contribution in [3.05, 3.63) is 78.6 Å². The number of urea groups is 1. The van der Waals surface area contributed by atoms with Crippen LogP contribution >= 0.6 is 0 Å². The van der Waals surface area contributed by atoms with Gasteiger partial charge in [0, 0.05) is 51.8 Å². The standard InChI is InChI=1S/C23H24N4O3/c1-25(2)22(28)21-16-20(14-15-24-21)30-19-12-10-18(11-13-19)27(4)23(29)26(3)17-8-6-5-7-9-17/h5-16H,1-4H3. The van der Waals surface area contributed by atoms with E-state index in [1.807, 2.05) is 30.3 Å². The summed E-state index contributed by atoms with van der Waals surface area (Å²) in [6.45, 7) is 0. The SMILES string of the molecule is CN(C)C(=O)c1cc(Oc2ccc(N(C)C(=O)N(C)c3ccccc3)cc2)ccn1. The van der Waals surface area contributed by atoms with E-state index >= 15 is 0 Å². The second-order valence-corrected chi connectivity index (χ2v) is 6.91. The molecule has 0 aliphatic rings. The van der Waals surface area contributed by atoms with Crippen molar-refractivity contribution >= 4 is 23.3 Å². The van der Waals surface area contributed by atoms with Crippen LogP contribution in [-0.4, -0.2) is 50.0 Å². The Balaban J connectivity index is 1.70. The summed E-state index contributed by atoms with van der Waals surface area (Å²) in [4.78, 5) is 33.5. The molecule has 0 saturated heterocycles. The number of carbonyl (C=O) groups excluding carboxylic acids is 2. The summed E-state index contributed by atoms with van der Waals surface area (Å²) >= 11 is 0. The second-order valence-electron chi connectivity index (χ2n) is 6.91. The normalized spacial score (nSPS) is 10.3. The van der Waals surface area contributed by atoms with Gasteiger partial charge in [0.15, 0.2) is 0 Å². The van der Waals surface area contributed by atoms with Crippen LogP contribution in [0.2, 0.25) is 0 Å². The number of hydrogen-bond donors (Lipinski definition) is 0. The van der Waals surface area contributed by atoms with Gasteiger partial charge in [-0.15, -0.1) is 0 Å². The lowest BCUT2D eigenvalue weighted by molar-refractivity contribution is 0.0821. The molecule has 30 heavy (non-hydrogen) atoms. The van der Waals surface area contributed by atoms with Crippen molar-refractivity contribution in [3.8, 4) is 11.5 Å². The molecular weight excluding hydrogens is 380 g/mol. The first-order chi connectivity index (χ1) is 14.4. The highest BCUT2D eigenvalue weighted by atomic mass is 16.5. The summed E-state index contributed by atoms with van der Waals surface area (Å²) < 4.78 is 5.84. The Morgan fingerprint density at radius 1 is 0.767 bits per heavy atom. The fourth-order valence-corrected chi connectivity index (χ4v) is 2.79. The zero-order chi connectivity index (χ0) is 21.7. The lowest BCUT2D eigenvalue weighted by Crippen LogP contribution is -2.38. The third kappa shape index (κ3) is 4.75. The minimum absolute atomic E-state index is 0.157. The molecule has 0 aliphatic carbocycles. The van der Waals surface area contributed by atoms with Gasteiger partial charge in [-0.3, -0.25) is 19.6 Å². The van der Waals surface area contributed by atoms with E-state index in [1.165, 1.54) is 11.1 Å². The molecule has 7 nitrogen and oxygen atoms in total. The van der Waals surface area contributed by atoms with E-state index < -0.39 is 0 Å². The van der Waals surface area contributed by atoms with Crippen LogP contribution in [0.5, 0.6) is 11.5 Å². The van der Waals surface area contributed by atoms with Gasteiger partial charge >= 0.3 is 6.03 Å². The minimum Gasteiger partial charge on any atom is -0.457 e. The number of ether oxygens (including phenoxy) is 1. The van der Waals surface area contributed by atoms with E-state index in [2.05, 4.69) is 4.98 Å². The molecular formula is C23H24N4O3. The van der Waals surface area contributed by atoms with Crippen LogP contribution in [0.25, 0.3) is 0 Å². The van der Waals surface area contributed by atoms with Crippen molar-refractivity contribution in [1.82, 2.24) is 9.88 Å². The topological polar surface area (TPSA) is 66.0 Å². The Kier molecular flexibility index (Phi) is 6.32. The number of carbonyl (C=O) groups is 2. The average Bonchev–Trinajstić information content (AvgIpc) is 2.78. The summed E-state index contributed by atoms with van der Waals surface area (Å²) in [5, 5.41) is 0. The summed E-state index contributed by atoms with van der Waals surface area (Å²) in [6, 6.07) is 19.7. The van der Waals surface area contributed by atoms with Gasteiger partial charge in [-0.05, 0) is 42.5 Å². The van der Waals surface area contributed by atoms with Crippen LogP contribution in [0.15, 0.2) is 72.9 Å². The maximum atomic E-state index is 12.8. The number of amides is 3. The van der Waals surface area contributed by atoms with Crippen molar-refractivity contribution in [2.75, 3.05) is 38.0 Å². The maximum absolute atomic E-state index is 12.8. The number of nitrogens with zero attached hydrogens (tertiary/aromatic N) is 4. The number of aromatic nitrogens is 1. The molecule has 0 radical (unpaired) electrons. The summed E-state index contributed by atoms with van der Waals surface area (Å²) in [6.07, 6.45) is 1.53. The fraction of sp³-hybridized carbons (Fsp3) is 0.174. The molecule has 154 valence electrons. The van der Waals surface area contributed by atoms with Gasteiger partial charge in [-0.25, -0.2) is 4.79 Å². The Morgan fingerprint density at radius 3 is 1.97 bits per heavy atom. The van der Waals surface area contributed by atoms with Crippen molar-refractivity contribution in [2.24, 2.45) is 0 Å². The van der Waals surface area contributed by atoms with Crippen LogP contribution in [0, 0.1) is 0 Å². The van der Waals surface area contributed by atoms with E-state index in [-0.39, 0.29) is 11.9 Å². The van der Waals surface area contributed by atoms with Crippen molar-refractivity contribution < 1.29 is 14.3 Å². The molecule has 3 aromatic rings. The summed E-state index contributed by atoms with van der Waals surface area (Å²) in [7, 11) is 6.80. The van der Waals surface area contributed by atoms with Crippen LogP contribution < -0.4 is 14.5 Å². The zero-order valence-electron chi connectivity index (χ0n) is 17.4. The molecule has 0 N–H and O–H groups in total. The first-order valence-corrected chi connectivity index (χ1v) is 9.39. The minimum atomic E-state index is -0.196. The summed E-state index contributed by atoms with van der Waals surface area (Å²) in [5.41, 5.74) is 1.85. The highest BCUT2D eigenvalue weighted by Crippen LogP contribution is 2.25. The molecule has 3 rings (SSSR count). The highest BCUT2D eigenvalue weighted by molar-refractivity contribution is 6.02. The Hall–Kier alpha value is -3.87. The first kappa shape index (κ1) is 20.9. The number of rotatable bonds is 5. The van der Waals surface area contributed by atoms with Gasteiger partial charge in [0.25, 0.3) is 5.91 Å². The number of para-hydroxylation sites is 1. The quantitative estimate of drug-likeness (QED) is 0.637. The molecule has 0 spiro atoms. The van der Waals surface area contributed by atoms with Crippen LogP contribution in [0.4, 0.5) is 16.2 Å². The number of benzene rings is 2. The van der Waals surface area contributed by atoms with Crippen molar-refractivity contribution in [2.45, 2.75) is 0 Å². The molecule has 2 aromatic carbocycles. The Morgan fingerprint density at radius 2 is 1.37 bits per heavy atom. The third-order valence-corrected chi connectivity index (χ3v) is 4.53. The molecule has 3 amide bonds. The molecule has 1 heterocycles. The van der Waals surface area contributed by atoms with Crippen LogP contribution in [0.1, 0.15) is 10.5 Å². The molecule has 1 aromatic heterocycles. The molecule has 0 saturated carbocycles. The molecule has 0 fully saturated rings. The Bertz CT molecular complexity index is 1020. The highest BCUT2D eigenvalue weighted by Gasteiger charge is 2.17. The average molecular weight is 404 g/mol. The predicted molar refractivity (Wildman–Crippen MR) is 117 cm³/mol. The van der Waals surface area contributed by atoms with Crippen molar-refractivity contribution in [1.29, 1.82) is 0 Å². The molecule has 0 aliphatic heterocycles. The van der Waals surface area contributed by atoms with E-state index in [4.69, 9.17) is 4.74 Å². The van der Waals surface area contributed by atoms with Gasteiger partial charge in [-0.1, -0.05) is 18.2 Å². The van der Waals surface area contributed by atoms with E-state index in [9.17, 15) is 9.59 Å². The zero-order valence-corrected chi connectivity index (χ0v) is 17.4. The molecule has 7 heteroatoms. The van der Waals surface area contributed by atoms with Gasteiger partial charge in [0.2, 0.25) is 0 Å². The fourth-order valence-electron chi connectivity index (χ4n) is 2.79. The first-order valence-electron chi connectivity index (χ1n) is 9.39. The third-order valence-electron chi connectivity index (χ3n) is 4.53. The van der Waals surface area contributed by atoms with Gasteiger partial charge in [0.1, 0.15) is 17.2 Å². The predicted octanol–water partition coefficient (Wildman–Crippen LogP) is 4.27.